The molecule has 1 aromatic carbocycles. The molecule has 1 heterocycles. The van der Waals surface area contributed by atoms with Crippen molar-refractivity contribution in [3.8, 4) is 0 Å². The Morgan fingerprint density at radius 3 is 1.15 bits per heavy atom. The summed E-state index contributed by atoms with van der Waals surface area (Å²) in [5, 5.41) is 0.365. The van der Waals surface area contributed by atoms with Crippen molar-refractivity contribution >= 4 is 20.1 Å². The van der Waals surface area contributed by atoms with Gasteiger partial charge in [0.05, 0.1) is 0 Å². The molecular formula is C19H17CrO5P. The second-order valence-corrected chi connectivity index (χ2v) is 7.59. The van der Waals surface area contributed by atoms with E-state index in [4.69, 9.17) is 23.3 Å². The van der Waals surface area contributed by atoms with Crippen LogP contribution in [0.1, 0.15) is 31.9 Å². The second-order valence-electron chi connectivity index (χ2n) is 4.84. The van der Waals surface area contributed by atoms with Gasteiger partial charge >= 0.3 is 56.5 Å². The molecule has 0 spiro atoms. The standard InChI is InChI=1S/C14H17P.5CO.Cr/c1-14(2,3)15-10-8-12-6-4-5-7-13(12)9-11-15;5*1-2;/h4-11H,1-3H3;;;;;;. The summed E-state index contributed by atoms with van der Waals surface area (Å²) in [6, 6.07) is 8.55. The Morgan fingerprint density at radius 2 is 0.923 bits per heavy atom. The third-order valence-electron chi connectivity index (χ3n) is 2.60. The van der Waals surface area contributed by atoms with Crippen LogP contribution in [0.25, 0.3) is 12.2 Å². The zero-order chi connectivity index (χ0) is 20.9. The van der Waals surface area contributed by atoms with Gasteiger partial charge in [0.15, 0.2) is 0 Å². The zero-order valence-corrected chi connectivity index (χ0v) is 16.7. The van der Waals surface area contributed by atoms with Crippen LogP contribution in [0.5, 0.6) is 0 Å². The molecule has 1 aliphatic rings. The fourth-order valence-electron chi connectivity index (χ4n) is 1.63. The Balaban J connectivity index is -0.000000116. The van der Waals surface area contributed by atoms with Gasteiger partial charge in [0.25, 0.3) is 0 Å². The molecule has 0 amide bonds. The molecule has 0 aromatic heterocycles. The van der Waals surface area contributed by atoms with Gasteiger partial charge in [-0.3, -0.25) is 0 Å². The molecule has 5 nitrogen and oxygen atoms in total. The van der Waals surface area contributed by atoms with Crippen LogP contribution in [0, 0.1) is 33.3 Å². The van der Waals surface area contributed by atoms with Gasteiger partial charge in [-0.15, -0.1) is 0 Å². The molecule has 1 aromatic rings. The van der Waals surface area contributed by atoms with E-state index in [2.05, 4.69) is 102 Å². The van der Waals surface area contributed by atoms with Crippen LogP contribution in [0.4, 0.5) is 0 Å². The van der Waals surface area contributed by atoms with E-state index in [9.17, 15) is 0 Å². The van der Waals surface area contributed by atoms with E-state index >= 15 is 0 Å². The molecular weight excluding hydrogens is 391 g/mol. The van der Waals surface area contributed by atoms with E-state index in [1.807, 2.05) is 0 Å². The zero-order valence-electron chi connectivity index (χ0n) is 14.5. The van der Waals surface area contributed by atoms with Gasteiger partial charge in [0.1, 0.15) is 0 Å². The molecule has 0 saturated heterocycles. The van der Waals surface area contributed by atoms with Crippen molar-refractivity contribution < 1.29 is 40.6 Å². The van der Waals surface area contributed by atoms with Crippen LogP contribution < -0.4 is 0 Å². The van der Waals surface area contributed by atoms with E-state index in [1.54, 1.807) is 0 Å². The molecule has 0 fully saturated rings. The second kappa shape index (κ2) is 25.6. The Kier molecular flexibility index (Phi) is 34.9. The summed E-state index contributed by atoms with van der Waals surface area (Å²) in [6.07, 6.45) is 4.54. The predicted molar refractivity (Wildman–Crippen MR) is 90.8 cm³/mol. The van der Waals surface area contributed by atoms with Gasteiger partial charge in [-0.2, -0.15) is 0 Å². The van der Waals surface area contributed by atoms with Gasteiger partial charge < -0.3 is 0 Å². The van der Waals surface area contributed by atoms with Gasteiger partial charge in [-0.25, -0.2) is 0 Å². The van der Waals surface area contributed by atoms with Crippen LogP contribution in [-0.4, -0.2) is 5.16 Å². The first-order valence-corrected chi connectivity index (χ1v) is 7.81. The van der Waals surface area contributed by atoms with Crippen molar-refractivity contribution in [2.45, 2.75) is 25.9 Å². The van der Waals surface area contributed by atoms with Crippen LogP contribution in [0.3, 0.4) is 0 Å². The molecule has 0 bridgehead atoms. The molecule has 0 atom stereocenters. The average molecular weight is 408 g/mol. The van der Waals surface area contributed by atoms with E-state index in [1.165, 1.54) is 11.1 Å². The Bertz CT molecular complexity index is 551. The summed E-state index contributed by atoms with van der Waals surface area (Å²) in [4.78, 5) is 0. The first kappa shape index (κ1) is 35.5. The molecule has 0 aliphatic carbocycles. The average Bonchev–Trinajstić information content (AvgIpc) is 2.92. The van der Waals surface area contributed by atoms with Gasteiger partial charge in [-0.1, -0.05) is 76.7 Å². The fourth-order valence-corrected chi connectivity index (χ4v) is 3.27. The van der Waals surface area contributed by atoms with E-state index < -0.39 is 0 Å². The molecule has 0 unspecified atom stereocenters. The van der Waals surface area contributed by atoms with Crippen molar-refractivity contribution in [2.75, 3.05) is 0 Å². The van der Waals surface area contributed by atoms with Gasteiger partial charge in [0, 0.05) is 17.4 Å². The van der Waals surface area contributed by atoms with Crippen LogP contribution in [0.15, 0.2) is 35.9 Å². The van der Waals surface area contributed by atoms with Crippen molar-refractivity contribution in [2.24, 2.45) is 0 Å². The summed E-state index contributed by atoms with van der Waals surface area (Å²) >= 11 is 0. The maximum Gasteiger partial charge on any atom is 0 e. The summed E-state index contributed by atoms with van der Waals surface area (Å²) in [5.74, 6) is 4.75. The van der Waals surface area contributed by atoms with Crippen LogP contribution in [0.2, 0.25) is 0 Å². The quantitative estimate of drug-likeness (QED) is 0.337. The number of rotatable bonds is 0. The Labute approximate surface area is 167 Å². The molecule has 0 radical (unpaired) electrons. The number of fused-ring (bicyclic) bond motifs is 1. The minimum Gasteiger partial charge on any atom is 0 e. The fraction of sp³-hybridized carbons (Fsp3) is 0.211. The topological polar surface area (TPSA) is 99.5 Å². The summed E-state index contributed by atoms with van der Waals surface area (Å²) in [7, 11) is -0.147. The van der Waals surface area contributed by atoms with Crippen LogP contribution >= 0.6 is 7.92 Å². The van der Waals surface area contributed by atoms with Crippen molar-refractivity contribution in [1.82, 2.24) is 0 Å². The summed E-state index contributed by atoms with van der Waals surface area (Å²) in [5.41, 5.74) is 2.67. The minimum atomic E-state index is -0.147. The summed E-state index contributed by atoms with van der Waals surface area (Å²) < 4.78 is 37.5. The molecule has 2 rings (SSSR count). The maximum absolute atomic E-state index is 7.50. The van der Waals surface area contributed by atoms with E-state index in [0.717, 1.165) is 0 Å². The molecule has 26 heavy (non-hydrogen) atoms. The number of hydrogen-bond acceptors (Lipinski definition) is 0. The minimum absolute atomic E-state index is 0. The Morgan fingerprint density at radius 1 is 0.654 bits per heavy atom. The molecule has 0 saturated carbocycles. The van der Waals surface area contributed by atoms with Crippen molar-refractivity contribution in [3.63, 3.8) is 0 Å². The monoisotopic (exact) mass is 408 g/mol. The number of benzene rings is 1. The molecule has 1 aliphatic heterocycles. The SMILES string of the molecule is CC(C)(C)P1C=Cc2ccccc2C=C1.[C-]#[O+].[C-]#[O+].[C-]#[O+].[C-]#[O+].[C-]#[O+].[Cr]. The first-order chi connectivity index (χ1) is 12.1. The van der Waals surface area contributed by atoms with E-state index in [0.29, 0.717) is 5.16 Å². The smallest absolute Gasteiger partial charge is 0 e. The molecule has 7 heteroatoms. The third kappa shape index (κ3) is 15.9. The predicted octanol–water partition coefficient (Wildman–Crippen LogP) is 4.73. The van der Waals surface area contributed by atoms with Crippen molar-refractivity contribution in [1.29, 1.82) is 0 Å². The Hall–Kier alpha value is -1.64. The van der Waals surface area contributed by atoms with Gasteiger partial charge in [0.2, 0.25) is 0 Å². The van der Waals surface area contributed by atoms with Crippen LogP contribution in [-0.2, 0) is 40.6 Å². The largest absolute Gasteiger partial charge is 0 e. The van der Waals surface area contributed by atoms with Crippen molar-refractivity contribution in [3.05, 3.63) is 80.3 Å². The number of hydrogen-bond donors (Lipinski definition) is 0. The first-order valence-electron chi connectivity index (χ1n) is 6.33. The maximum atomic E-state index is 7.50. The summed E-state index contributed by atoms with van der Waals surface area (Å²) in [6.45, 7) is 29.4. The normalized spacial score (nSPS) is 9.73. The third-order valence-corrected chi connectivity index (χ3v) is 5.09. The molecule has 134 valence electrons. The van der Waals surface area contributed by atoms with E-state index in [-0.39, 0.29) is 25.3 Å². The molecule has 0 N–H and O–H groups in total. The van der Waals surface area contributed by atoms with Gasteiger partial charge in [-0.05, 0) is 16.3 Å².